The molecular weight excluding hydrogens is 234 g/mol. The highest BCUT2D eigenvalue weighted by Crippen LogP contribution is 2.61. The summed E-state index contributed by atoms with van der Waals surface area (Å²) in [5.74, 6) is 3.75. The summed E-state index contributed by atoms with van der Waals surface area (Å²) in [5, 5.41) is 0. The lowest BCUT2D eigenvalue weighted by molar-refractivity contribution is -0.0629. The molecule has 0 aliphatic heterocycles. The van der Waals surface area contributed by atoms with Gasteiger partial charge in [-0.3, -0.25) is 0 Å². The van der Waals surface area contributed by atoms with Crippen molar-refractivity contribution in [3.63, 3.8) is 0 Å². The summed E-state index contributed by atoms with van der Waals surface area (Å²) < 4.78 is 5.20. The molecule has 0 aromatic heterocycles. The van der Waals surface area contributed by atoms with Gasteiger partial charge in [0.1, 0.15) is 0 Å². The molecule has 4 aliphatic carbocycles. The topological polar surface area (TPSA) is 35.2 Å². The van der Waals surface area contributed by atoms with E-state index in [-0.39, 0.29) is 0 Å². The molecule has 0 aromatic rings. The van der Waals surface area contributed by atoms with E-state index in [9.17, 15) is 0 Å². The van der Waals surface area contributed by atoms with E-state index in [1.54, 1.807) is 7.11 Å². The van der Waals surface area contributed by atoms with Crippen molar-refractivity contribution in [2.24, 2.45) is 34.8 Å². The Bertz CT molecular complexity index is 279. The Morgan fingerprint density at radius 2 is 1.63 bits per heavy atom. The lowest BCUT2D eigenvalue weighted by atomic mass is 9.48. The van der Waals surface area contributed by atoms with Crippen LogP contribution in [0.25, 0.3) is 0 Å². The van der Waals surface area contributed by atoms with Crippen molar-refractivity contribution in [3.05, 3.63) is 0 Å². The second kappa shape index (κ2) is 5.37. The van der Waals surface area contributed by atoms with Gasteiger partial charge < -0.3 is 10.5 Å². The van der Waals surface area contributed by atoms with Crippen LogP contribution in [0.2, 0.25) is 0 Å². The molecule has 19 heavy (non-hydrogen) atoms. The van der Waals surface area contributed by atoms with Gasteiger partial charge in [-0.05, 0) is 80.5 Å². The number of nitrogens with two attached hydrogens (primary N) is 1. The Kier molecular flexibility index (Phi) is 3.92. The summed E-state index contributed by atoms with van der Waals surface area (Å²) in [6.45, 7) is 3.17. The van der Waals surface area contributed by atoms with E-state index in [2.05, 4.69) is 6.92 Å². The zero-order valence-corrected chi connectivity index (χ0v) is 12.7. The maximum absolute atomic E-state index is 6.52. The predicted octanol–water partition coefficient (Wildman–Crippen LogP) is 3.59. The lowest BCUT2D eigenvalue weighted by Crippen LogP contribution is -2.49. The van der Waals surface area contributed by atoms with Gasteiger partial charge in [-0.15, -0.1) is 0 Å². The van der Waals surface area contributed by atoms with E-state index in [0.717, 1.165) is 30.8 Å². The second-order valence-corrected chi connectivity index (χ2v) is 8.04. The van der Waals surface area contributed by atoms with Crippen molar-refractivity contribution in [1.82, 2.24) is 0 Å². The van der Waals surface area contributed by atoms with E-state index in [1.165, 1.54) is 44.9 Å². The van der Waals surface area contributed by atoms with Gasteiger partial charge in [-0.1, -0.05) is 6.92 Å². The minimum Gasteiger partial charge on any atom is -0.385 e. The van der Waals surface area contributed by atoms with Crippen molar-refractivity contribution in [3.8, 4) is 0 Å². The monoisotopic (exact) mass is 265 g/mol. The van der Waals surface area contributed by atoms with Crippen molar-refractivity contribution in [2.45, 2.75) is 64.3 Å². The van der Waals surface area contributed by atoms with Crippen molar-refractivity contribution in [1.29, 1.82) is 0 Å². The Morgan fingerprint density at radius 3 is 2.11 bits per heavy atom. The van der Waals surface area contributed by atoms with Crippen molar-refractivity contribution < 1.29 is 4.74 Å². The first kappa shape index (κ1) is 13.9. The van der Waals surface area contributed by atoms with Gasteiger partial charge in [0.05, 0.1) is 0 Å². The molecular formula is C17H31NO. The van der Waals surface area contributed by atoms with Crippen LogP contribution in [0.4, 0.5) is 0 Å². The fourth-order valence-corrected chi connectivity index (χ4v) is 5.76. The number of ether oxygens (including phenoxy) is 1. The van der Waals surface area contributed by atoms with Gasteiger partial charge in [0.15, 0.2) is 0 Å². The Labute approximate surface area is 118 Å². The summed E-state index contributed by atoms with van der Waals surface area (Å²) in [4.78, 5) is 0. The first-order valence-corrected chi connectivity index (χ1v) is 8.35. The molecule has 2 unspecified atom stereocenters. The van der Waals surface area contributed by atoms with E-state index in [1.807, 2.05) is 0 Å². The standard InChI is InChI=1S/C17H31NO/c1-12(3-4-19-2)16(18)11-17-8-13-5-14(9-17)7-15(6-13)10-17/h12-16H,3-11,18H2,1-2H3. The van der Waals surface area contributed by atoms with Crippen LogP contribution in [0, 0.1) is 29.1 Å². The first-order chi connectivity index (χ1) is 9.10. The molecule has 0 aromatic carbocycles. The van der Waals surface area contributed by atoms with Gasteiger partial charge in [0, 0.05) is 19.8 Å². The quantitative estimate of drug-likeness (QED) is 0.796. The van der Waals surface area contributed by atoms with Gasteiger partial charge in [-0.25, -0.2) is 0 Å². The summed E-state index contributed by atoms with van der Waals surface area (Å²) in [7, 11) is 1.79. The Balaban J connectivity index is 1.59. The molecule has 2 N–H and O–H groups in total. The molecule has 2 nitrogen and oxygen atoms in total. The SMILES string of the molecule is COCCC(C)C(N)CC12CC3CC(CC(C3)C1)C2. The highest BCUT2D eigenvalue weighted by atomic mass is 16.5. The molecule has 4 fully saturated rings. The third-order valence-electron chi connectivity index (χ3n) is 6.34. The van der Waals surface area contributed by atoms with Crippen LogP contribution >= 0.6 is 0 Å². The van der Waals surface area contributed by atoms with Crippen LogP contribution in [0.3, 0.4) is 0 Å². The van der Waals surface area contributed by atoms with Crippen LogP contribution in [-0.4, -0.2) is 19.8 Å². The summed E-state index contributed by atoms with van der Waals surface area (Å²) in [6, 6.07) is 0.381. The minimum atomic E-state index is 0.381. The molecule has 2 atom stereocenters. The number of hydrogen-bond acceptors (Lipinski definition) is 2. The summed E-state index contributed by atoms with van der Waals surface area (Å²) in [6.07, 6.45) is 11.5. The molecule has 4 rings (SSSR count). The molecule has 0 amide bonds. The van der Waals surface area contributed by atoms with Crippen LogP contribution in [0.15, 0.2) is 0 Å². The Morgan fingerprint density at radius 1 is 1.11 bits per heavy atom. The average Bonchev–Trinajstić information content (AvgIpc) is 2.33. The third kappa shape index (κ3) is 2.85. The maximum Gasteiger partial charge on any atom is 0.0465 e. The fraction of sp³-hybridized carbons (Fsp3) is 1.00. The fourth-order valence-electron chi connectivity index (χ4n) is 5.76. The highest BCUT2D eigenvalue weighted by molar-refractivity contribution is 5.02. The van der Waals surface area contributed by atoms with Crippen LogP contribution in [-0.2, 0) is 4.74 Å². The molecule has 110 valence electrons. The number of methoxy groups -OCH3 is 1. The first-order valence-electron chi connectivity index (χ1n) is 8.35. The van der Waals surface area contributed by atoms with Gasteiger partial charge in [-0.2, -0.15) is 0 Å². The van der Waals surface area contributed by atoms with Crippen molar-refractivity contribution in [2.75, 3.05) is 13.7 Å². The van der Waals surface area contributed by atoms with E-state index >= 15 is 0 Å². The molecule has 0 saturated heterocycles. The largest absolute Gasteiger partial charge is 0.385 e. The molecule has 4 aliphatic rings. The normalized spacial score (nSPS) is 43.4. The Hall–Kier alpha value is -0.0800. The molecule has 4 saturated carbocycles. The van der Waals surface area contributed by atoms with Gasteiger partial charge in [0.2, 0.25) is 0 Å². The molecule has 0 spiro atoms. The van der Waals surface area contributed by atoms with E-state index in [4.69, 9.17) is 10.5 Å². The van der Waals surface area contributed by atoms with Gasteiger partial charge >= 0.3 is 0 Å². The van der Waals surface area contributed by atoms with E-state index in [0.29, 0.717) is 17.4 Å². The maximum atomic E-state index is 6.52. The van der Waals surface area contributed by atoms with Crippen LogP contribution in [0.1, 0.15) is 58.3 Å². The van der Waals surface area contributed by atoms with Crippen LogP contribution in [0.5, 0.6) is 0 Å². The zero-order valence-electron chi connectivity index (χ0n) is 12.7. The van der Waals surface area contributed by atoms with Crippen molar-refractivity contribution >= 4 is 0 Å². The minimum absolute atomic E-state index is 0.381. The van der Waals surface area contributed by atoms with Crippen LogP contribution < -0.4 is 5.73 Å². The molecule has 2 heteroatoms. The highest BCUT2D eigenvalue weighted by Gasteiger charge is 2.51. The smallest absolute Gasteiger partial charge is 0.0465 e. The van der Waals surface area contributed by atoms with E-state index < -0.39 is 0 Å². The third-order valence-corrected chi connectivity index (χ3v) is 6.34. The lowest BCUT2D eigenvalue weighted by Gasteiger charge is -2.57. The molecule has 4 bridgehead atoms. The second-order valence-electron chi connectivity index (χ2n) is 8.04. The molecule has 0 radical (unpaired) electrons. The summed E-state index contributed by atoms with van der Waals surface area (Å²) in [5.41, 5.74) is 7.16. The number of rotatable bonds is 6. The molecule has 0 heterocycles. The summed E-state index contributed by atoms with van der Waals surface area (Å²) >= 11 is 0. The number of hydrogen-bond donors (Lipinski definition) is 1. The zero-order chi connectivity index (χ0) is 13.5. The van der Waals surface area contributed by atoms with Gasteiger partial charge in [0.25, 0.3) is 0 Å². The average molecular weight is 265 g/mol. The predicted molar refractivity (Wildman–Crippen MR) is 78.9 cm³/mol.